The highest BCUT2D eigenvalue weighted by Gasteiger charge is 2.58. The second-order valence-electron chi connectivity index (χ2n) is 9.10. The van der Waals surface area contributed by atoms with Gasteiger partial charge in [0.05, 0.1) is 6.10 Å². The molecule has 5 heteroatoms. The number of carbonyl (C=O) groups is 1. The van der Waals surface area contributed by atoms with Crippen LogP contribution in [0.2, 0.25) is 0 Å². The topological polar surface area (TPSA) is 64.4 Å². The first kappa shape index (κ1) is 18.5. The Labute approximate surface area is 152 Å². The molecule has 0 radical (unpaired) electrons. The lowest BCUT2D eigenvalue weighted by Crippen LogP contribution is -2.70. The van der Waals surface area contributed by atoms with Crippen LogP contribution in [-0.4, -0.2) is 30.7 Å². The van der Waals surface area contributed by atoms with Crippen LogP contribution in [0.5, 0.6) is 0 Å². The third-order valence-corrected chi connectivity index (χ3v) is 7.41. The van der Waals surface area contributed by atoms with Crippen LogP contribution in [0.15, 0.2) is 0 Å². The maximum absolute atomic E-state index is 12.9. The second-order valence-corrected chi connectivity index (χ2v) is 9.10. The lowest BCUT2D eigenvalue weighted by Gasteiger charge is -2.60. The van der Waals surface area contributed by atoms with E-state index in [1.807, 2.05) is 0 Å². The quantitative estimate of drug-likeness (QED) is 0.799. The summed E-state index contributed by atoms with van der Waals surface area (Å²) < 4.78 is 5.96. The van der Waals surface area contributed by atoms with Gasteiger partial charge in [-0.1, -0.05) is 20.3 Å². The summed E-state index contributed by atoms with van der Waals surface area (Å²) in [6.07, 6.45) is 8.40. The molecule has 5 unspecified atom stereocenters. The van der Waals surface area contributed by atoms with Gasteiger partial charge in [-0.05, 0) is 50.4 Å². The maximum Gasteiger partial charge on any atom is 0.223 e. The van der Waals surface area contributed by atoms with E-state index in [-0.39, 0.29) is 35.7 Å². The van der Waals surface area contributed by atoms with Crippen molar-refractivity contribution >= 4 is 18.3 Å². The van der Waals surface area contributed by atoms with Crippen LogP contribution < -0.4 is 11.1 Å². The molecule has 138 valence electrons. The maximum atomic E-state index is 12.9. The molecule has 4 rings (SSSR count). The number of hydrogen-bond donors (Lipinski definition) is 2. The molecule has 2 bridgehead atoms. The molecule has 0 aromatic rings. The predicted octanol–water partition coefficient (Wildman–Crippen LogP) is 2.88. The van der Waals surface area contributed by atoms with Gasteiger partial charge < -0.3 is 15.8 Å². The average molecular weight is 357 g/mol. The van der Waals surface area contributed by atoms with Crippen LogP contribution in [0.25, 0.3) is 0 Å². The normalized spacial score (nSPS) is 46.0. The minimum absolute atomic E-state index is 0. The zero-order valence-corrected chi connectivity index (χ0v) is 15.8. The zero-order chi connectivity index (χ0) is 16.2. The third-order valence-electron chi connectivity index (χ3n) is 7.41. The average Bonchev–Trinajstić information content (AvgIpc) is 2.52. The molecule has 1 amide bonds. The molecular weight excluding hydrogens is 324 g/mol. The zero-order valence-electron chi connectivity index (χ0n) is 15.0. The van der Waals surface area contributed by atoms with E-state index >= 15 is 0 Å². The number of nitrogens with two attached hydrogens (primary N) is 1. The van der Waals surface area contributed by atoms with Gasteiger partial charge in [0, 0.05) is 35.9 Å². The summed E-state index contributed by atoms with van der Waals surface area (Å²) >= 11 is 0. The van der Waals surface area contributed by atoms with Gasteiger partial charge in [-0.2, -0.15) is 0 Å². The minimum Gasteiger partial charge on any atom is -0.377 e. The van der Waals surface area contributed by atoms with Gasteiger partial charge in [-0.15, -0.1) is 12.4 Å². The van der Waals surface area contributed by atoms with E-state index in [0.29, 0.717) is 29.9 Å². The summed E-state index contributed by atoms with van der Waals surface area (Å²) in [7, 11) is 0. The van der Waals surface area contributed by atoms with Crippen molar-refractivity contribution in [3.8, 4) is 0 Å². The lowest BCUT2D eigenvalue weighted by molar-refractivity contribution is -0.194. The van der Waals surface area contributed by atoms with Gasteiger partial charge in [0.1, 0.15) is 0 Å². The van der Waals surface area contributed by atoms with Gasteiger partial charge >= 0.3 is 0 Å². The Morgan fingerprint density at radius 2 is 1.79 bits per heavy atom. The number of halogens is 1. The van der Waals surface area contributed by atoms with Crippen molar-refractivity contribution in [1.82, 2.24) is 5.32 Å². The Hall–Kier alpha value is -0.320. The molecule has 24 heavy (non-hydrogen) atoms. The SMILES string of the molecule is CC1(C)C(NC(=O)C2CC3CCCC(C2)C3N)C2CCCOC21.Cl. The largest absolute Gasteiger partial charge is 0.377 e. The highest BCUT2D eigenvalue weighted by atomic mass is 35.5. The van der Waals surface area contributed by atoms with Gasteiger partial charge in [0.15, 0.2) is 0 Å². The lowest BCUT2D eigenvalue weighted by atomic mass is 9.55. The van der Waals surface area contributed by atoms with Crippen molar-refractivity contribution in [3.05, 3.63) is 0 Å². The van der Waals surface area contributed by atoms with E-state index in [9.17, 15) is 4.79 Å². The molecule has 0 aromatic heterocycles. The number of nitrogens with one attached hydrogen (secondary N) is 1. The highest BCUT2D eigenvalue weighted by molar-refractivity contribution is 5.85. The Bertz CT molecular complexity index is 470. The van der Waals surface area contributed by atoms with Crippen molar-refractivity contribution in [2.24, 2.45) is 34.8 Å². The molecular formula is C19H33ClN2O2. The number of amides is 1. The molecule has 5 atom stereocenters. The Morgan fingerprint density at radius 3 is 2.46 bits per heavy atom. The van der Waals surface area contributed by atoms with Crippen molar-refractivity contribution in [2.45, 2.75) is 77.0 Å². The van der Waals surface area contributed by atoms with E-state index in [0.717, 1.165) is 25.9 Å². The van der Waals surface area contributed by atoms with Crippen LogP contribution >= 0.6 is 12.4 Å². The first-order valence-corrected chi connectivity index (χ1v) is 9.66. The first-order valence-electron chi connectivity index (χ1n) is 9.66. The predicted molar refractivity (Wildman–Crippen MR) is 97.0 cm³/mol. The van der Waals surface area contributed by atoms with Crippen LogP contribution in [0, 0.1) is 29.1 Å². The van der Waals surface area contributed by atoms with Gasteiger partial charge in [0.2, 0.25) is 5.91 Å². The highest BCUT2D eigenvalue weighted by Crippen LogP contribution is 2.51. The van der Waals surface area contributed by atoms with Crippen LogP contribution in [-0.2, 0) is 9.53 Å². The summed E-state index contributed by atoms with van der Waals surface area (Å²) in [5.41, 5.74) is 6.44. The van der Waals surface area contributed by atoms with Gasteiger partial charge in [0.25, 0.3) is 0 Å². The van der Waals surface area contributed by atoms with E-state index in [2.05, 4.69) is 19.2 Å². The molecule has 0 aromatic carbocycles. The first-order chi connectivity index (χ1) is 11.0. The molecule has 3 aliphatic carbocycles. The standard InChI is InChI=1S/C19H32N2O2.ClH/c1-19(2)16(14-7-4-8-23-17(14)19)21-18(22)13-9-11-5-3-6-12(10-13)15(11)20;/h11-17H,3-10,20H2,1-2H3,(H,21,22);1H. The summed E-state index contributed by atoms with van der Waals surface area (Å²) in [6, 6.07) is 0.625. The molecule has 4 aliphatic rings. The fourth-order valence-electron chi connectivity index (χ4n) is 6.09. The summed E-state index contributed by atoms with van der Waals surface area (Å²) in [4.78, 5) is 12.9. The molecule has 4 fully saturated rings. The Morgan fingerprint density at radius 1 is 1.12 bits per heavy atom. The number of rotatable bonds is 2. The Balaban J connectivity index is 0.00000169. The monoisotopic (exact) mass is 356 g/mol. The van der Waals surface area contributed by atoms with Crippen molar-refractivity contribution in [1.29, 1.82) is 0 Å². The fourth-order valence-corrected chi connectivity index (χ4v) is 6.09. The van der Waals surface area contributed by atoms with Gasteiger partial charge in [-0.25, -0.2) is 0 Å². The van der Waals surface area contributed by atoms with E-state index in [1.165, 1.54) is 25.7 Å². The molecule has 1 aliphatic heterocycles. The number of carbonyl (C=O) groups excluding carboxylic acids is 1. The van der Waals surface area contributed by atoms with E-state index in [1.54, 1.807) is 0 Å². The Kier molecular flexibility index (Phi) is 5.21. The van der Waals surface area contributed by atoms with Crippen molar-refractivity contribution in [2.75, 3.05) is 6.61 Å². The van der Waals surface area contributed by atoms with E-state index < -0.39 is 0 Å². The van der Waals surface area contributed by atoms with E-state index in [4.69, 9.17) is 10.5 Å². The summed E-state index contributed by atoms with van der Waals surface area (Å²) in [5, 5.41) is 3.42. The molecule has 4 nitrogen and oxygen atoms in total. The van der Waals surface area contributed by atoms with Crippen molar-refractivity contribution < 1.29 is 9.53 Å². The second kappa shape index (κ2) is 6.77. The number of hydrogen-bond acceptors (Lipinski definition) is 3. The smallest absolute Gasteiger partial charge is 0.223 e. The number of fused-ring (bicyclic) bond motifs is 3. The summed E-state index contributed by atoms with van der Waals surface area (Å²) in [6.45, 7) is 5.38. The minimum atomic E-state index is 0. The molecule has 1 saturated heterocycles. The molecule has 3 N–H and O–H groups in total. The van der Waals surface area contributed by atoms with Crippen LogP contribution in [0.3, 0.4) is 0 Å². The van der Waals surface area contributed by atoms with Crippen LogP contribution in [0.4, 0.5) is 0 Å². The molecule has 3 saturated carbocycles. The van der Waals surface area contributed by atoms with Crippen molar-refractivity contribution in [3.63, 3.8) is 0 Å². The third kappa shape index (κ3) is 2.89. The molecule has 1 heterocycles. The summed E-state index contributed by atoms with van der Waals surface area (Å²) in [5.74, 6) is 2.13. The van der Waals surface area contributed by atoms with Crippen LogP contribution in [0.1, 0.15) is 58.8 Å². The molecule has 0 spiro atoms. The fraction of sp³-hybridized carbons (Fsp3) is 0.947. The van der Waals surface area contributed by atoms with Gasteiger partial charge in [-0.3, -0.25) is 4.79 Å². The number of ether oxygens (including phenoxy) is 1.